The molecule has 2 aliphatic rings. The van der Waals surface area contributed by atoms with Gasteiger partial charge in [0.2, 0.25) is 16.0 Å². The number of benzene rings is 2. The van der Waals surface area contributed by atoms with E-state index in [4.69, 9.17) is 16.3 Å². The van der Waals surface area contributed by atoms with Gasteiger partial charge in [-0.15, -0.1) is 0 Å². The fraction of sp³-hybridized carbons (Fsp3) is 0.429. The number of hydrogen-bond donors (Lipinski definition) is 3. The first-order chi connectivity index (χ1) is 19.7. The second kappa shape index (κ2) is 12.7. The number of rotatable bonds is 9. The summed E-state index contributed by atoms with van der Waals surface area (Å²) >= 11 is 6.41. The van der Waals surface area contributed by atoms with Crippen molar-refractivity contribution in [3.8, 4) is 5.75 Å². The second-order valence-corrected chi connectivity index (χ2v) is 12.7. The van der Waals surface area contributed by atoms with E-state index in [-0.39, 0.29) is 0 Å². The molecule has 11 nitrogen and oxygen atoms in total. The molecule has 41 heavy (non-hydrogen) atoms. The molecule has 1 aromatic heterocycles. The normalized spacial score (nSPS) is 16.8. The highest BCUT2D eigenvalue weighted by molar-refractivity contribution is 7.92. The maximum absolute atomic E-state index is 12.1. The lowest BCUT2D eigenvalue weighted by molar-refractivity contribution is 0.150. The number of halogens is 1. The molecule has 0 spiro atoms. The average molecular weight is 601 g/mol. The smallest absolute Gasteiger partial charge is 0.232 e. The molecule has 2 aromatic carbocycles. The first kappa shape index (κ1) is 29.2. The molecule has 13 heteroatoms. The molecule has 5 rings (SSSR count). The van der Waals surface area contributed by atoms with Gasteiger partial charge in [0.1, 0.15) is 10.8 Å². The van der Waals surface area contributed by atoms with E-state index in [0.717, 1.165) is 69.7 Å². The van der Waals surface area contributed by atoms with Crippen molar-refractivity contribution in [1.29, 1.82) is 0 Å². The Morgan fingerprint density at radius 2 is 1.78 bits per heavy atom. The maximum Gasteiger partial charge on any atom is 0.232 e. The lowest BCUT2D eigenvalue weighted by atomic mass is 10.0. The Labute approximate surface area is 246 Å². The Morgan fingerprint density at radius 1 is 1.05 bits per heavy atom. The Bertz CT molecular complexity index is 1460. The van der Waals surface area contributed by atoms with Crippen LogP contribution in [0.15, 0.2) is 48.7 Å². The van der Waals surface area contributed by atoms with Gasteiger partial charge in [-0.25, -0.2) is 13.4 Å². The predicted octanol–water partition coefficient (Wildman–Crippen LogP) is 3.90. The molecule has 2 aliphatic heterocycles. The Morgan fingerprint density at radius 3 is 2.49 bits per heavy atom. The van der Waals surface area contributed by atoms with Gasteiger partial charge in [0.25, 0.3) is 0 Å². The van der Waals surface area contributed by atoms with E-state index in [1.165, 1.54) is 17.5 Å². The minimum atomic E-state index is -3.46. The molecule has 0 bridgehead atoms. The number of para-hydroxylation sites is 2. The van der Waals surface area contributed by atoms with Crippen molar-refractivity contribution in [2.75, 3.05) is 79.5 Å². The average Bonchev–Trinajstić information content (AvgIpc) is 2.99. The van der Waals surface area contributed by atoms with Gasteiger partial charge in [-0.3, -0.25) is 9.21 Å². The number of hydrogen-bond acceptors (Lipinski definition) is 10. The van der Waals surface area contributed by atoms with Crippen LogP contribution in [-0.4, -0.2) is 89.0 Å². The van der Waals surface area contributed by atoms with E-state index in [1.807, 2.05) is 12.1 Å². The third-order valence-corrected chi connectivity index (χ3v) is 9.14. The summed E-state index contributed by atoms with van der Waals surface area (Å²) in [4.78, 5) is 13.9. The SMILES string of the molecule is COc1cc(N2CCC(N3CCNCC3)CC2)ccc1Nc1ncc(Cl)c(Nc2ccccc2N(C)S(C)(=O)=O)n1. The summed E-state index contributed by atoms with van der Waals surface area (Å²) in [5, 5.41) is 10.1. The van der Waals surface area contributed by atoms with E-state index < -0.39 is 10.0 Å². The third kappa shape index (κ3) is 6.95. The first-order valence-electron chi connectivity index (χ1n) is 13.7. The Kier molecular flexibility index (Phi) is 9.03. The highest BCUT2D eigenvalue weighted by Crippen LogP contribution is 2.35. The van der Waals surface area contributed by atoms with Crippen LogP contribution in [0.5, 0.6) is 5.75 Å². The van der Waals surface area contributed by atoms with E-state index >= 15 is 0 Å². The largest absolute Gasteiger partial charge is 0.494 e. The van der Waals surface area contributed by atoms with Crippen LogP contribution in [0.4, 0.5) is 34.5 Å². The molecule has 3 aromatic rings. The molecule has 0 atom stereocenters. The summed E-state index contributed by atoms with van der Waals surface area (Å²) in [7, 11) is -0.324. The number of piperidine rings is 1. The molecule has 2 saturated heterocycles. The molecule has 0 amide bonds. The third-order valence-electron chi connectivity index (χ3n) is 7.67. The summed E-state index contributed by atoms with van der Waals surface area (Å²) in [6.07, 6.45) is 4.95. The number of aromatic nitrogens is 2. The van der Waals surface area contributed by atoms with Gasteiger partial charge >= 0.3 is 0 Å². The van der Waals surface area contributed by atoms with E-state index in [1.54, 1.807) is 31.4 Å². The summed E-state index contributed by atoms with van der Waals surface area (Å²) in [5.41, 5.74) is 2.85. The molecule has 0 aliphatic carbocycles. The van der Waals surface area contributed by atoms with Crippen molar-refractivity contribution in [3.05, 3.63) is 53.7 Å². The van der Waals surface area contributed by atoms with Crippen LogP contribution in [0, 0.1) is 0 Å². The number of sulfonamides is 1. The topological polar surface area (TPSA) is 115 Å². The van der Waals surface area contributed by atoms with Gasteiger partial charge in [0.15, 0.2) is 5.82 Å². The molecular weight excluding hydrogens is 564 g/mol. The zero-order valence-electron chi connectivity index (χ0n) is 23.6. The van der Waals surface area contributed by atoms with Gasteiger partial charge in [-0.05, 0) is 37.1 Å². The van der Waals surface area contributed by atoms with Gasteiger partial charge < -0.3 is 25.6 Å². The van der Waals surface area contributed by atoms with E-state index in [9.17, 15) is 8.42 Å². The number of methoxy groups -OCH3 is 1. The van der Waals surface area contributed by atoms with Crippen molar-refractivity contribution in [1.82, 2.24) is 20.2 Å². The van der Waals surface area contributed by atoms with Crippen molar-refractivity contribution in [2.45, 2.75) is 18.9 Å². The number of anilines is 6. The molecule has 0 radical (unpaired) electrons. The van der Waals surface area contributed by atoms with Crippen molar-refractivity contribution >= 4 is 56.1 Å². The number of nitrogens with one attached hydrogen (secondary N) is 3. The van der Waals surface area contributed by atoms with Gasteiger partial charge in [-0.1, -0.05) is 23.7 Å². The number of nitrogens with zero attached hydrogens (tertiary/aromatic N) is 5. The van der Waals surface area contributed by atoms with Crippen LogP contribution in [0.1, 0.15) is 12.8 Å². The quantitative estimate of drug-likeness (QED) is 0.334. The molecule has 0 unspecified atom stereocenters. The highest BCUT2D eigenvalue weighted by Gasteiger charge is 2.26. The van der Waals surface area contributed by atoms with E-state index in [2.05, 4.69) is 41.8 Å². The Hall–Kier alpha value is -3.32. The summed E-state index contributed by atoms with van der Waals surface area (Å²) in [6.45, 7) is 6.44. The second-order valence-electron chi connectivity index (χ2n) is 10.3. The summed E-state index contributed by atoms with van der Waals surface area (Å²) in [6, 6.07) is 13.8. The molecule has 3 N–H and O–H groups in total. The predicted molar refractivity (Wildman–Crippen MR) is 166 cm³/mol. The first-order valence-corrected chi connectivity index (χ1v) is 15.9. The van der Waals surface area contributed by atoms with Crippen LogP contribution >= 0.6 is 11.6 Å². The molecule has 3 heterocycles. The molecule has 2 fully saturated rings. The standard InChI is InChI=1S/C28H37ClN8O3S/c1-35(41(3,38)39)25-7-5-4-6-23(25)32-27-22(29)19-31-28(34-27)33-24-9-8-21(18-26(24)40-2)36-14-10-20(11-15-36)37-16-12-30-13-17-37/h4-9,18-20,30H,10-17H2,1-3H3,(H2,31,32,33,34). The van der Waals surface area contributed by atoms with Gasteiger partial charge in [-0.2, -0.15) is 4.98 Å². The number of ether oxygens (including phenoxy) is 1. The van der Waals surface area contributed by atoms with Crippen molar-refractivity contribution < 1.29 is 13.2 Å². The minimum Gasteiger partial charge on any atom is -0.494 e. The van der Waals surface area contributed by atoms with Crippen LogP contribution < -0.4 is 29.9 Å². The zero-order valence-corrected chi connectivity index (χ0v) is 25.2. The minimum absolute atomic E-state index is 0.291. The van der Waals surface area contributed by atoms with Crippen molar-refractivity contribution in [3.63, 3.8) is 0 Å². The van der Waals surface area contributed by atoms with Gasteiger partial charge in [0.05, 0.1) is 36.6 Å². The monoisotopic (exact) mass is 600 g/mol. The molecular formula is C28H37ClN8O3S. The lowest BCUT2D eigenvalue weighted by Gasteiger charge is -2.41. The van der Waals surface area contributed by atoms with Crippen LogP contribution in [0.2, 0.25) is 5.02 Å². The molecule has 220 valence electrons. The van der Waals surface area contributed by atoms with Gasteiger partial charge in [0, 0.05) is 64.1 Å². The number of piperazine rings is 1. The molecule has 0 saturated carbocycles. The van der Waals surface area contributed by atoms with Crippen LogP contribution in [-0.2, 0) is 10.0 Å². The fourth-order valence-corrected chi connectivity index (χ4v) is 5.97. The van der Waals surface area contributed by atoms with Crippen LogP contribution in [0.3, 0.4) is 0 Å². The lowest BCUT2D eigenvalue weighted by Crippen LogP contribution is -2.52. The maximum atomic E-state index is 12.1. The summed E-state index contributed by atoms with van der Waals surface area (Å²) in [5.74, 6) is 1.33. The van der Waals surface area contributed by atoms with Crippen LogP contribution in [0.25, 0.3) is 0 Å². The highest BCUT2D eigenvalue weighted by atomic mass is 35.5. The summed E-state index contributed by atoms with van der Waals surface area (Å²) < 4.78 is 31.2. The van der Waals surface area contributed by atoms with E-state index in [0.29, 0.717) is 40.0 Å². The fourth-order valence-electron chi connectivity index (χ4n) is 5.31. The zero-order chi connectivity index (χ0) is 29.0. The Balaban J connectivity index is 1.29. The van der Waals surface area contributed by atoms with Crippen molar-refractivity contribution in [2.24, 2.45) is 0 Å².